The molecule has 0 bridgehead atoms. The summed E-state index contributed by atoms with van der Waals surface area (Å²) in [7, 11) is 0. The molecule has 3 aromatic heterocycles. The number of likely N-dealkylation sites (tertiary alicyclic amines) is 1. The summed E-state index contributed by atoms with van der Waals surface area (Å²) in [5.74, 6) is 0.557. The number of rotatable bonds is 4. The molecule has 1 aliphatic rings. The number of nitrogens with one attached hydrogen (secondary N) is 1. The third-order valence-corrected chi connectivity index (χ3v) is 5.22. The summed E-state index contributed by atoms with van der Waals surface area (Å²) in [5.41, 5.74) is 5.56. The van der Waals surface area contributed by atoms with E-state index >= 15 is 0 Å². The van der Waals surface area contributed by atoms with Crippen molar-refractivity contribution in [3.63, 3.8) is 0 Å². The molecule has 130 valence electrons. The van der Waals surface area contributed by atoms with Crippen LogP contribution in [-0.4, -0.2) is 33.2 Å². The summed E-state index contributed by atoms with van der Waals surface area (Å²) in [5, 5.41) is 8.26. The molecule has 5 rings (SSSR count). The van der Waals surface area contributed by atoms with Crippen LogP contribution >= 0.6 is 0 Å². The highest BCUT2D eigenvalue weighted by Gasteiger charge is 2.24. The molecular formula is C21H20N4O. The van der Waals surface area contributed by atoms with E-state index < -0.39 is 0 Å². The third-order valence-electron chi connectivity index (χ3n) is 5.22. The van der Waals surface area contributed by atoms with Crippen molar-refractivity contribution in [2.45, 2.75) is 18.9 Å². The van der Waals surface area contributed by atoms with Crippen LogP contribution < -0.4 is 0 Å². The Labute approximate surface area is 151 Å². The second-order valence-corrected chi connectivity index (χ2v) is 6.93. The van der Waals surface area contributed by atoms with Crippen molar-refractivity contribution in [1.29, 1.82) is 0 Å². The summed E-state index contributed by atoms with van der Waals surface area (Å²) in [4.78, 5) is 7.09. The molecule has 4 heterocycles. The van der Waals surface area contributed by atoms with Gasteiger partial charge in [0.2, 0.25) is 0 Å². The van der Waals surface area contributed by atoms with E-state index in [-0.39, 0.29) is 0 Å². The molecule has 1 saturated heterocycles. The van der Waals surface area contributed by atoms with Gasteiger partial charge in [0.15, 0.2) is 0 Å². The largest absolute Gasteiger partial charge is 0.464 e. The lowest BCUT2D eigenvalue weighted by Gasteiger charge is -2.16. The van der Waals surface area contributed by atoms with Gasteiger partial charge in [0.05, 0.1) is 12.0 Å². The lowest BCUT2D eigenvalue weighted by Crippen LogP contribution is -2.19. The van der Waals surface area contributed by atoms with E-state index in [1.165, 1.54) is 17.7 Å². The molecule has 1 atom stereocenters. The number of hydrogen-bond acceptors (Lipinski definition) is 4. The number of aromatic amines is 1. The molecule has 0 amide bonds. The van der Waals surface area contributed by atoms with Crippen LogP contribution in [-0.2, 0) is 6.54 Å². The minimum atomic E-state index is 0.557. The number of H-pyrrole nitrogens is 1. The molecule has 0 spiro atoms. The molecule has 0 radical (unpaired) electrons. The van der Waals surface area contributed by atoms with Gasteiger partial charge in [0.1, 0.15) is 5.58 Å². The first-order valence-electron chi connectivity index (χ1n) is 9.00. The van der Waals surface area contributed by atoms with Crippen LogP contribution in [0.2, 0.25) is 0 Å². The van der Waals surface area contributed by atoms with E-state index in [1.54, 1.807) is 6.26 Å². The molecule has 1 unspecified atom stereocenters. The van der Waals surface area contributed by atoms with Gasteiger partial charge in [-0.05, 0) is 42.8 Å². The Balaban J connectivity index is 1.37. The van der Waals surface area contributed by atoms with Crippen molar-refractivity contribution in [1.82, 2.24) is 20.1 Å². The van der Waals surface area contributed by atoms with Gasteiger partial charge in [-0.1, -0.05) is 18.2 Å². The van der Waals surface area contributed by atoms with E-state index in [9.17, 15) is 0 Å². The lowest BCUT2D eigenvalue weighted by atomic mass is 10.0. The van der Waals surface area contributed by atoms with Crippen molar-refractivity contribution in [2.75, 3.05) is 13.1 Å². The molecule has 26 heavy (non-hydrogen) atoms. The summed E-state index contributed by atoms with van der Waals surface area (Å²) < 4.78 is 5.51. The van der Waals surface area contributed by atoms with Crippen LogP contribution in [0.4, 0.5) is 0 Å². The fraction of sp³-hybridized carbons (Fsp3) is 0.238. The minimum Gasteiger partial charge on any atom is -0.464 e. The Hall–Kier alpha value is -2.92. The molecule has 0 aliphatic carbocycles. The molecule has 1 aromatic carbocycles. The fourth-order valence-electron chi connectivity index (χ4n) is 3.92. The first-order chi connectivity index (χ1) is 12.9. The Morgan fingerprint density at radius 1 is 1.15 bits per heavy atom. The standard InChI is InChI=1S/C21H20N4O/c1-2-15(13-25-10-6-17(14-25)19-4-9-23-24-19)12-16(3-1)21-18-7-11-26-20(18)5-8-22-21/h1-5,7-9,11-12,17H,6,10,13-14H2,(H,23,24). The van der Waals surface area contributed by atoms with Gasteiger partial charge in [0.25, 0.3) is 0 Å². The molecule has 1 fully saturated rings. The van der Waals surface area contributed by atoms with Crippen molar-refractivity contribution in [2.24, 2.45) is 0 Å². The number of fused-ring (bicyclic) bond motifs is 1. The van der Waals surface area contributed by atoms with E-state index in [0.29, 0.717) is 5.92 Å². The highest BCUT2D eigenvalue weighted by atomic mass is 16.3. The van der Waals surface area contributed by atoms with Crippen LogP contribution in [0.25, 0.3) is 22.2 Å². The molecule has 1 N–H and O–H groups in total. The van der Waals surface area contributed by atoms with Crippen LogP contribution in [0.15, 0.2) is 65.5 Å². The van der Waals surface area contributed by atoms with E-state index in [2.05, 4.69) is 50.4 Å². The van der Waals surface area contributed by atoms with Crippen LogP contribution in [0, 0.1) is 0 Å². The minimum absolute atomic E-state index is 0.557. The van der Waals surface area contributed by atoms with Crippen LogP contribution in [0.1, 0.15) is 23.6 Å². The second-order valence-electron chi connectivity index (χ2n) is 6.93. The van der Waals surface area contributed by atoms with Gasteiger partial charge in [0, 0.05) is 48.0 Å². The van der Waals surface area contributed by atoms with Gasteiger partial charge in [-0.25, -0.2) is 0 Å². The Morgan fingerprint density at radius 3 is 3.08 bits per heavy atom. The summed E-state index contributed by atoms with van der Waals surface area (Å²) >= 11 is 0. The zero-order chi connectivity index (χ0) is 17.3. The van der Waals surface area contributed by atoms with E-state index in [1.807, 2.05) is 24.5 Å². The number of pyridine rings is 1. The fourth-order valence-corrected chi connectivity index (χ4v) is 3.92. The molecule has 1 aliphatic heterocycles. The maximum Gasteiger partial charge on any atom is 0.137 e. The first-order valence-corrected chi connectivity index (χ1v) is 9.00. The van der Waals surface area contributed by atoms with Crippen LogP contribution in [0.3, 0.4) is 0 Å². The molecular weight excluding hydrogens is 324 g/mol. The average molecular weight is 344 g/mol. The van der Waals surface area contributed by atoms with Crippen LogP contribution in [0.5, 0.6) is 0 Å². The van der Waals surface area contributed by atoms with E-state index in [0.717, 1.165) is 41.9 Å². The van der Waals surface area contributed by atoms with Gasteiger partial charge < -0.3 is 4.42 Å². The number of aromatic nitrogens is 3. The summed E-state index contributed by atoms with van der Waals surface area (Å²) in [6.45, 7) is 3.14. The van der Waals surface area contributed by atoms with Crippen molar-refractivity contribution >= 4 is 11.0 Å². The number of hydrogen-bond donors (Lipinski definition) is 1. The SMILES string of the molecule is c1cc(CN2CCC(c3ccn[nH]3)C2)cc(-c2nccc3occc23)c1. The van der Waals surface area contributed by atoms with Crippen molar-refractivity contribution in [3.05, 3.63) is 72.4 Å². The molecule has 5 nitrogen and oxygen atoms in total. The van der Waals surface area contributed by atoms with Gasteiger partial charge in [-0.2, -0.15) is 5.10 Å². The van der Waals surface area contributed by atoms with Crippen molar-refractivity contribution < 1.29 is 4.42 Å². The van der Waals surface area contributed by atoms with E-state index in [4.69, 9.17) is 4.42 Å². The maximum atomic E-state index is 5.51. The number of benzene rings is 1. The second kappa shape index (κ2) is 6.42. The predicted molar refractivity (Wildman–Crippen MR) is 101 cm³/mol. The zero-order valence-electron chi connectivity index (χ0n) is 14.4. The zero-order valence-corrected chi connectivity index (χ0v) is 14.4. The highest BCUT2D eigenvalue weighted by molar-refractivity contribution is 5.91. The normalized spacial score (nSPS) is 17.9. The first kappa shape index (κ1) is 15.3. The topological polar surface area (TPSA) is 58.0 Å². The smallest absolute Gasteiger partial charge is 0.137 e. The number of furan rings is 1. The van der Waals surface area contributed by atoms with Gasteiger partial charge in [-0.15, -0.1) is 0 Å². The van der Waals surface area contributed by atoms with Crippen molar-refractivity contribution in [3.8, 4) is 11.3 Å². The summed E-state index contributed by atoms with van der Waals surface area (Å²) in [6.07, 6.45) is 6.55. The average Bonchev–Trinajstić information content (AvgIpc) is 3.42. The number of nitrogens with zero attached hydrogens (tertiary/aromatic N) is 3. The third kappa shape index (κ3) is 2.80. The Bertz CT molecular complexity index is 1020. The molecule has 0 saturated carbocycles. The monoisotopic (exact) mass is 344 g/mol. The van der Waals surface area contributed by atoms with Gasteiger partial charge >= 0.3 is 0 Å². The quantitative estimate of drug-likeness (QED) is 0.602. The Morgan fingerprint density at radius 2 is 2.15 bits per heavy atom. The lowest BCUT2D eigenvalue weighted by molar-refractivity contribution is 0.326. The van der Waals surface area contributed by atoms with Gasteiger partial charge in [-0.3, -0.25) is 15.0 Å². The highest BCUT2D eigenvalue weighted by Crippen LogP contribution is 2.30. The maximum absolute atomic E-state index is 5.51. The summed E-state index contributed by atoms with van der Waals surface area (Å²) in [6, 6.07) is 14.7. The Kier molecular flexibility index (Phi) is 3.79. The molecule has 4 aromatic rings. The predicted octanol–water partition coefficient (Wildman–Crippen LogP) is 4.21. The molecule has 5 heteroatoms.